The predicted molar refractivity (Wildman–Crippen MR) is 90.6 cm³/mol. The van der Waals surface area contributed by atoms with Crippen molar-refractivity contribution < 1.29 is 13.9 Å². The first kappa shape index (κ1) is 17.5. The van der Waals surface area contributed by atoms with E-state index < -0.39 is 17.3 Å². The molecule has 1 aromatic carbocycles. The van der Waals surface area contributed by atoms with Crippen molar-refractivity contribution >= 4 is 23.2 Å². The number of aromatic amines is 1. The van der Waals surface area contributed by atoms with Gasteiger partial charge in [-0.25, -0.2) is 14.4 Å². The fourth-order valence-electron chi connectivity index (χ4n) is 2.01. The van der Waals surface area contributed by atoms with Gasteiger partial charge in [0.1, 0.15) is 18.1 Å². The van der Waals surface area contributed by atoms with Gasteiger partial charge in [0.25, 0.3) is 11.5 Å². The summed E-state index contributed by atoms with van der Waals surface area (Å²) in [4.78, 5) is 37.2. The molecular weight excluding hydrogens is 365 g/mol. The number of aromatic nitrogens is 4. The fourth-order valence-corrected chi connectivity index (χ4v) is 2.20. The highest BCUT2D eigenvalue weighted by Gasteiger charge is 2.12. The number of anilines is 1. The molecule has 2 N–H and O–H groups in total. The summed E-state index contributed by atoms with van der Waals surface area (Å²) >= 11 is 5.62. The Hall–Kier alpha value is -3.33. The third kappa shape index (κ3) is 4.39. The summed E-state index contributed by atoms with van der Waals surface area (Å²) < 4.78 is 19.3. The van der Waals surface area contributed by atoms with Crippen LogP contribution < -0.4 is 15.6 Å². The summed E-state index contributed by atoms with van der Waals surface area (Å²) in [6, 6.07) is 4.96. The minimum absolute atomic E-state index is 0.108. The molecule has 0 aliphatic heterocycles. The Labute approximate surface area is 151 Å². The highest BCUT2D eigenvalue weighted by atomic mass is 35.5. The van der Waals surface area contributed by atoms with Gasteiger partial charge < -0.3 is 10.1 Å². The van der Waals surface area contributed by atoms with Gasteiger partial charge in [-0.05, 0) is 29.8 Å². The lowest BCUT2D eigenvalue weighted by Crippen LogP contribution is -2.18. The molecule has 26 heavy (non-hydrogen) atoms. The molecule has 0 saturated carbocycles. The lowest BCUT2D eigenvalue weighted by Gasteiger charge is -2.09. The molecule has 2 aromatic heterocycles. The van der Waals surface area contributed by atoms with Crippen LogP contribution in [0.2, 0.25) is 5.28 Å². The quantitative estimate of drug-likeness (QED) is 0.661. The Morgan fingerprint density at radius 3 is 2.88 bits per heavy atom. The van der Waals surface area contributed by atoms with E-state index in [0.29, 0.717) is 5.69 Å². The summed E-state index contributed by atoms with van der Waals surface area (Å²) in [6.45, 7) is -0.108. The minimum atomic E-state index is -0.662. The van der Waals surface area contributed by atoms with E-state index in [1.165, 1.54) is 36.8 Å². The van der Waals surface area contributed by atoms with Gasteiger partial charge in [-0.1, -0.05) is 0 Å². The number of nitrogens with zero attached hydrogens (tertiary/aromatic N) is 3. The average Bonchev–Trinajstić information content (AvgIpc) is 2.62. The van der Waals surface area contributed by atoms with Gasteiger partial charge in [0.05, 0.1) is 6.20 Å². The van der Waals surface area contributed by atoms with Gasteiger partial charge >= 0.3 is 0 Å². The van der Waals surface area contributed by atoms with Crippen LogP contribution >= 0.6 is 11.6 Å². The summed E-state index contributed by atoms with van der Waals surface area (Å²) in [5.74, 6) is -0.932. The number of rotatable bonds is 5. The summed E-state index contributed by atoms with van der Waals surface area (Å²) in [5, 5.41) is 2.31. The van der Waals surface area contributed by atoms with Gasteiger partial charge in [0, 0.05) is 29.7 Å². The van der Waals surface area contributed by atoms with Crippen LogP contribution in [-0.4, -0.2) is 25.8 Å². The largest absolute Gasteiger partial charge is 0.472 e. The average molecular weight is 376 g/mol. The molecule has 8 nitrogen and oxygen atoms in total. The van der Waals surface area contributed by atoms with Crippen LogP contribution in [0.4, 0.5) is 10.1 Å². The first-order chi connectivity index (χ1) is 12.5. The molecule has 0 bridgehead atoms. The molecule has 0 aliphatic carbocycles. The Morgan fingerprint density at radius 2 is 2.15 bits per heavy atom. The maximum atomic E-state index is 13.9. The van der Waals surface area contributed by atoms with Crippen molar-refractivity contribution in [1.82, 2.24) is 19.9 Å². The first-order valence-corrected chi connectivity index (χ1v) is 7.64. The molecule has 0 aliphatic rings. The van der Waals surface area contributed by atoms with Gasteiger partial charge in [0.15, 0.2) is 0 Å². The Kier molecular flexibility index (Phi) is 5.18. The van der Waals surface area contributed by atoms with E-state index in [1.54, 1.807) is 0 Å². The summed E-state index contributed by atoms with van der Waals surface area (Å²) in [7, 11) is 0. The highest BCUT2D eigenvalue weighted by molar-refractivity contribution is 6.28. The third-order valence-corrected chi connectivity index (χ3v) is 3.34. The van der Waals surface area contributed by atoms with E-state index in [9.17, 15) is 14.0 Å². The summed E-state index contributed by atoms with van der Waals surface area (Å²) in [5.41, 5.74) is -0.231. The second-order valence-electron chi connectivity index (χ2n) is 5.01. The van der Waals surface area contributed by atoms with Crippen molar-refractivity contribution in [1.29, 1.82) is 0 Å². The van der Waals surface area contributed by atoms with Crippen LogP contribution in [0.1, 0.15) is 16.1 Å². The normalized spacial score (nSPS) is 10.4. The van der Waals surface area contributed by atoms with Gasteiger partial charge in [0.2, 0.25) is 11.2 Å². The molecule has 3 rings (SSSR count). The van der Waals surface area contributed by atoms with E-state index in [1.807, 2.05) is 0 Å². The molecule has 0 fully saturated rings. The number of nitrogens with one attached hydrogen (secondary N) is 2. The van der Waals surface area contributed by atoms with Crippen LogP contribution in [0.15, 0.2) is 47.7 Å². The van der Waals surface area contributed by atoms with E-state index in [0.717, 1.165) is 6.07 Å². The van der Waals surface area contributed by atoms with Crippen LogP contribution in [0.25, 0.3) is 0 Å². The molecule has 0 saturated heterocycles. The van der Waals surface area contributed by atoms with Crippen molar-refractivity contribution in [3.8, 4) is 5.88 Å². The first-order valence-electron chi connectivity index (χ1n) is 7.27. The predicted octanol–water partition coefficient (Wildman–Crippen LogP) is 2.18. The van der Waals surface area contributed by atoms with Crippen molar-refractivity contribution in [2.24, 2.45) is 0 Å². The molecule has 2 heterocycles. The number of H-pyrrole nitrogens is 1. The summed E-state index contributed by atoms with van der Waals surface area (Å²) in [6.07, 6.45) is 4.33. The zero-order valence-electron chi connectivity index (χ0n) is 13.1. The molecule has 1 amide bonds. The van der Waals surface area contributed by atoms with E-state index in [2.05, 4.69) is 25.3 Å². The third-order valence-electron chi connectivity index (χ3n) is 3.16. The van der Waals surface area contributed by atoms with Crippen molar-refractivity contribution in [2.75, 3.05) is 5.32 Å². The Bertz CT molecular complexity index is 997. The maximum Gasteiger partial charge on any atom is 0.274 e. The standard InChI is InChI=1S/C16H11ClFN5O3/c17-16-22-12(6-13(24)23-16)15(25)21-10-1-2-11(18)9(5-10)8-26-14-7-19-3-4-20-14/h1-7H,8H2,(H,21,25)(H,22,23,24). The number of carbonyl (C=O) groups excluding carboxylic acids is 1. The van der Waals surface area contributed by atoms with Crippen molar-refractivity contribution in [2.45, 2.75) is 6.61 Å². The minimum Gasteiger partial charge on any atom is -0.472 e. The second kappa shape index (κ2) is 7.70. The smallest absolute Gasteiger partial charge is 0.274 e. The maximum absolute atomic E-state index is 13.9. The number of ether oxygens (including phenoxy) is 1. The molecule has 0 spiro atoms. The van der Waals surface area contributed by atoms with Gasteiger partial charge in [-0.15, -0.1) is 0 Å². The number of hydrogen-bond acceptors (Lipinski definition) is 6. The van der Waals surface area contributed by atoms with Crippen LogP contribution in [0.5, 0.6) is 5.88 Å². The lowest BCUT2D eigenvalue weighted by atomic mass is 10.2. The number of benzene rings is 1. The molecule has 0 radical (unpaired) electrons. The monoisotopic (exact) mass is 375 g/mol. The Balaban J connectivity index is 1.74. The number of hydrogen-bond donors (Lipinski definition) is 2. The number of carbonyl (C=O) groups is 1. The molecule has 0 atom stereocenters. The molecule has 10 heteroatoms. The topological polar surface area (TPSA) is 110 Å². The Morgan fingerprint density at radius 1 is 1.31 bits per heavy atom. The van der Waals surface area contributed by atoms with Crippen LogP contribution in [-0.2, 0) is 6.61 Å². The lowest BCUT2D eigenvalue weighted by molar-refractivity contribution is 0.102. The molecule has 3 aromatic rings. The zero-order valence-corrected chi connectivity index (χ0v) is 13.8. The highest BCUT2D eigenvalue weighted by Crippen LogP contribution is 2.17. The van der Waals surface area contributed by atoms with E-state index in [-0.39, 0.29) is 29.0 Å². The number of halogens is 2. The van der Waals surface area contributed by atoms with Crippen molar-refractivity contribution in [3.63, 3.8) is 0 Å². The van der Waals surface area contributed by atoms with Crippen LogP contribution in [0.3, 0.4) is 0 Å². The number of amides is 1. The van der Waals surface area contributed by atoms with E-state index >= 15 is 0 Å². The van der Waals surface area contributed by atoms with Crippen LogP contribution in [0, 0.1) is 5.82 Å². The molecular formula is C16H11ClFN5O3. The second-order valence-corrected chi connectivity index (χ2v) is 5.37. The van der Waals surface area contributed by atoms with Crippen molar-refractivity contribution in [3.05, 3.63) is 75.6 Å². The zero-order chi connectivity index (χ0) is 18.5. The molecule has 0 unspecified atom stereocenters. The van der Waals surface area contributed by atoms with E-state index in [4.69, 9.17) is 16.3 Å². The fraction of sp³-hybridized carbons (Fsp3) is 0.0625. The van der Waals surface area contributed by atoms with Gasteiger partial charge in [-0.2, -0.15) is 0 Å². The molecule has 132 valence electrons. The SMILES string of the molecule is O=C(Nc1ccc(F)c(COc2cnccn2)c1)c1cc(=O)[nH]c(Cl)n1. The van der Waals surface area contributed by atoms with Gasteiger partial charge in [-0.3, -0.25) is 19.6 Å².